The first-order valence-corrected chi connectivity index (χ1v) is 13.1. The van der Waals surface area contributed by atoms with E-state index in [1.807, 2.05) is 66.9 Å². The molecule has 1 heterocycles. The first-order chi connectivity index (χ1) is 17.8. The number of amides is 1. The molecule has 6 nitrogen and oxygen atoms in total. The van der Waals surface area contributed by atoms with E-state index in [0.717, 1.165) is 38.5 Å². The number of halogens is 1. The van der Waals surface area contributed by atoms with E-state index in [9.17, 15) is 14.7 Å². The van der Waals surface area contributed by atoms with Crippen LogP contribution in [-0.4, -0.2) is 27.5 Å². The van der Waals surface area contributed by atoms with Crippen molar-refractivity contribution in [3.63, 3.8) is 0 Å². The molecule has 0 fully saturated rings. The van der Waals surface area contributed by atoms with Crippen molar-refractivity contribution in [2.75, 3.05) is 0 Å². The summed E-state index contributed by atoms with van der Waals surface area (Å²) in [6.45, 7) is 2.33. The third-order valence-corrected chi connectivity index (χ3v) is 7.57. The molecule has 8 heteroatoms. The molecule has 2 N–H and O–H groups in total. The maximum atomic E-state index is 12.9. The molecule has 0 saturated carbocycles. The van der Waals surface area contributed by atoms with E-state index < -0.39 is 11.5 Å². The number of hydrogen-bond donors (Lipinski definition) is 2. The van der Waals surface area contributed by atoms with Gasteiger partial charge in [0.2, 0.25) is 5.91 Å². The van der Waals surface area contributed by atoms with Crippen LogP contribution in [-0.2, 0) is 35.5 Å². The number of fused-ring (bicyclic) bond motifs is 1. The van der Waals surface area contributed by atoms with Crippen molar-refractivity contribution in [3.05, 3.63) is 105 Å². The minimum atomic E-state index is -1.37. The van der Waals surface area contributed by atoms with Crippen LogP contribution in [0.4, 0.5) is 0 Å². The van der Waals surface area contributed by atoms with Crippen LogP contribution in [0.5, 0.6) is 5.75 Å². The highest BCUT2D eigenvalue weighted by molar-refractivity contribution is 7.09. The summed E-state index contributed by atoms with van der Waals surface area (Å²) >= 11 is 7.58. The fourth-order valence-electron chi connectivity index (χ4n) is 4.62. The normalized spacial score (nSPS) is 16.3. The lowest BCUT2D eigenvalue weighted by molar-refractivity contribution is -0.147. The number of hydrogen-bond acceptors (Lipinski definition) is 5. The molecule has 5 rings (SSSR count). The maximum absolute atomic E-state index is 12.9. The van der Waals surface area contributed by atoms with E-state index in [1.54, 1.807) is 23.5 Å². The highest BCUT2D eigenvalue weighted by atomic mass is 35.5. The van der Waals surface area contributed by atoms with Crippen LogP contribution >= 0.6 is 22.9 Å². The molecular weight excluding hydrogens is 508 g/mol. The van der Waals surface area contributed by atoms with Crippen molar-refractivity contribution in [3.8, 4) is 16.9 Å². The van der Waals surface area contributed by atoms with Crippen molar-refractivity contribution in [1.29, 1.82) is 0 Å². The van der Waals surface area contributed by atoms with Crippen molar-refractivity contribution in [2.45, 2.75) is 38.3 Å². The van der Waals surface area contributed by atoms with E-state index in [0.29, 0.717) is 17.4 Å². The summed E-state index contributed by atoms with van der Waals surface area (Å²) in [5.74, 6) is -0.689. The monoisotopic (exact) mass is 532 g/mol. The Bertz CT molecular complexity index is 1450. The topological polar surface area (TPSA) is 88.5 Å². The third kappa shape index (κ3) is 5.68. The molecule has 3 aromatic carbocycles. The molecule has 0 bridgehead atoms. The number of benzene rings is 3. The predicted molar refractivity (Wildman–Crippen MR) is 144 cm³/mol. The second-order valence-electron chi connectivity index (χ2n) is 9.25. The first kappa shape index (κ1) is 25.0. The number of aliphatic carboxylic acids is 1. The molecule has 1 unspecified atom stereocenters. The number of carbonyl (C=O) groups is 2. The van der Waals surface area contributed by atoms with Gasteiger partial charge in [-0.1, -0.05) is 54.1 Å². The summed E-state index contributed by atoms with van der Waals surface area (Å²) in [5.41, 5.74) is 4.11. The highest BCUT2D eigenvalue weighted by Crippen LogP contribution is 2.34. The van der Waals surface area contributed by atoms with Crippen molar-refractivity contribution < 1.29 is 19.4 Å². The van der Waals surface area contributed by atoms with E-state index >= 15 is 0 Å². The Hall–Kier alpha value is -3.68. The minimum absolute atomic E-state index is 0.0763. The number of rotatable bonds is 8. The van der Waals surface area contributed by atoms with Crippen molar-refractivity contribution >= 4 is 34.8 Å². The number of thiazole rings is 1. The third-order valence-electron chi connectivity index (χ3n) is 6.50. The zero-order valence-corrected chi connectivity index (χ0v) is 21.7. The van der Waals surface area contributed by atoms with Gasteiger partial charge in [-0.2, -0.15) is 0 Å². The molecule has 1 aliphatic carbocycles. The van der Waals surface area contributed by atoms with Gasteiger partial charge in [-0.3, -0.25) is 4.79 Å². The molecule has 0 saturated heterocycles. The number of aryl methyl sites for hydroxylation is 1. The lowest BCUT2D eigenvalue weighted by Crippen LogP contribution is -2.55. The number of ether oxygens (including phenoxy) is 1. The molecule has 0 radical (unpaired) electrons. The molecule has 0 spiro atoms. The molecule has 1 aliphatic rings. The van der Waals surface area contributed by atoms with Crippen molar-refractivity contribution in [1.82, 2.24) is 10.3 Å². The number of aromatic nitrogens is 1. The van der Waals surface area contributed by atoms with Gasteiger partial charge in [0.1, 0.15) is 17.9 Å². The van der Waals surface area contributed by atoms with Gasteiger partial charge in [0.05, 0.1) is 17.1 Å². The van der Waals surface area contributed by atoms with Gasteiger partial charge in [0.15, 0.2) is 0 Å². The Morgan fingerprint density at radius 3 is 2.41 bits per heavy atom. The Labute approximate surface area is 223 Å². The Kier molecular flexibility index (Phi) is 7.00. The summed E-state index contributed by atoms with van der Waals surface area (Å²) in [7, 11) is 0. The zero-order valence-electron chi connectivity index (χ0n) is 20.2. The molecule has 1 atom stereocenters. The second-order valence-corrected chi connectivity index (χ2v) is 10.7. The number of carbonyl (C=O) groups excluding carboxylic acids is 1. The SMILES string of the molecule is Cc1nc(COc2ccc(CC(=O)NC3(C(=O)O)Cc4ccc(-c5ccc(Cl)cc5)cc4C3)cc2)cs1. The average Bonchev–Trinajstić information content (AvgIpc) is 3.47. The predicted octanol–water partition coefficient (Wildman–Crippen LogP) is 5.63. The van der Waals surface area contributed by atoms with E-state index in [1.165, 1.54) is 0 Å². The van der Waals surface area contributed by atoms with E-state index in [2.05, 4.69) is 10.3 Å². The van der Waals surface area contributed by atoms with Gasteiger partial charge in [0, 0.05) is 23.2 Å². The standard InChI is InChI=1S/C29H25ClN2O4S/c1-18-31-25(17-37-18)16-36-26-10-2-19(3-11-26)12-27(33)32-29(28(34)35)14-22-5-4-21(13-23(22)15-29)20-6-8-24(30)9-7-20/h2-11,13,17H,12,14-16H2,1H3,(H,32,33)(H,34,35). The number of carboxylic acid groups (broad SMARTS) is 1. The number of nitrogens with zero attached hydrogens (tertiary/aromatic N) is 1. The van der Waals surface area contributed by atoms with Crippen LogP contribution in [0.3, 0.4) is 0 Å². The van der Waals surface area contributed by atoms with Gasteiger partial charge < -0.3 is 15.2 Å². The van der Waals surface area contributed by atoms with Gasteiger partial charge in [0.25, 0.3) is 0 Å². The zero-order chi connectivity index (χ0) is 26.0. The lowest BCUT2D eigenvalue weighted by Gasteiger charge is -2.25. The van der Waals surface area contributed by atoms with E-state index in [-0.39, 0.29) is 25.2 Å². The van der Waals surface area contributed by atoms with Gasteiger partial charge in [-0.05, 0) is 59.0 Å². The highest BCUT2D eigenvalue weighted by Gasteiger charge is 2.45. The Morgan fingerprint density at radius 2 is 1.73 bits per heavy atom. The van der Waals surface area contributed by atoms with Crippen LogP contribution in [0.15, 0.2) is 72.1 Å². The molecule has 1 aromatic heterocycles. The summed E-state index contributed by atoms with van der Waals surface area (Å²) in [6.07, 6.45) is 0.549. The van der Waals surface area contributed by atoms with Crippen LogP contribution in [0.1, 0.15) is 27.4 Å². The van der Waals surface area contributed by atoms with Crippen molar-refractivity contribution in [2.24, 2.45) is 0 Å². The molecule has 4 aromatic rings. The molecule has 188 valence electrons. The summed E-state index contributed by atoms with van der Waals surface area (Å²) in [5, 5.41) is 16.5. The van der Waals surface area contributed by atoms with Gasteiger partial charge in [-0.15, -0.1) is 11.3 Å². The maximum Gasteiger partial charge on any atom is 0.330 e. The molecular formula is C29H25ClN2O4S. The first-order valence-electron chi connectivity index (χ1n) is 11.8. The summed E-state index contributed by atoms with van der Waals surface area (Å²) in [6, 6.07) is 20.7. The second kappa shape index (κ2) is 10.4. The van der Waals surface area contributed by atoms with Crippen LogP contribution in [0, 0.1) is 6.92 Å². The Balaban J connectivity index is 1.23. The average molecular weight is 533 g/mol. The number of nitrogens with one attached hydrogen (secondary N) is 1. The quantitative estimate of drug-likeness (QED) is 0.307. The Morgan fingerprint density at radius 1 is 1.03 bits per heavy atom. The largest absolute Gasteiger partial charge is 0.487 e. The number of carboxylic acids is 1. The van der Waals surface area contributed by atoms with Crippen LogP contribution < -0.4 is 10.1 Å². The van der Waals surface area contributed by atoms with Gasteiger partial charge in [-0.25, -0.2) is 9.78 Å². The summed E-state index contributed by atoms with van der Waals surface area (Å²) < 4.78 is 5.76. The lowest BCUT2D eigenvalue weighted by atomic mass is 9.95. The molecule has 1 amide bonds. The fraction of sp³-hybridized carbons (Fsp3) is 0.207. The smallest absolute Gasteiger partial charge is 0.330 e. The molecule has 0 aliphatic heterocycles. The van der Waals surface area contributed by atoms with E-state index in [4.69, 9.17) is 16.3 Å². The van der Waals surface area contributed by atoms with Crippen LogP contribution in [0.25, 0.3) is 11.1 Å². The molecule has 37 heavy (non-hydrogen) atoms. The summed E-state index contributed by atoms with van der Waals surface area (Å²) in [4.78, 5) is 29.7. The van der Waals surface area contributed by atoms with Gasteiger partial charge >= 0.3 is 5.97 Å². The van der Waals surface area contributed by atoms with Crippen LogP contribution in [0.2, 0.25) is 5.02 Å². The fourth-order valence-corrected chi connectivity index (χ4v) is 5.35. The minimum Gasteiger partial charge on any atom is -0.487 e.